The molecule has 15 heavy (non-hydrogen) atoms. The van der Waals surface area contributed by atoms with Gasteiger partial charge in [0.05, 0.1) is 0 Å². The highest BCUT2D eigenvalue weighted by atomic mass is 19.1. The van der Waals surface area contributed by atoms with Gasteiger partial charge >= 0.3 is 0 Å². The lowest BCUT2D eigenvalue weighted by Crippen LogP contribution is -2.20. The minimum atomic E-state index is -0.165. The predicted molar refractivity (Wildman–Crippen MR) is 60.6 cm³/mol. The minimum Gasteiger partial charge on any atom is -0.371 e. The molecule has 2 rings (SSSR count). The van der Waals surface area contributed by atoms with Crippen molar-refractivity contribution in [1.29, 1.82) is 0 Å². The predicted octanol–water partition coefficient (Wildman–Crippen LogP) is 1.93. The van der Waals surface area contributed by atoms with Crippen molar-refractivity contribution in [3.63, 3.8) is 0 Å². The molecule has 0 amide bonds. The molecule has 2 N–H and O–H groups in total. The normalized spacial score (nSPS) is 16.0. The fraction of sp³-hybridized carbons (Fsp3) is 0.500. The van der Waals surface area contributed by atoms with Crippen LogP contribution in [0.4, 0.5) is 10.1 Å². The molecule has 3 heteroatoms. The number of nitrogens with zero attached hydrogens (tertiary/aromatic N) is 1. The summed E-state index contributed by atoms with van der Waals surface area (Å²) in [5, 5.41) is 0. The monoisotopic (exact) mass is 208 g/mol. The Balaban J connectivity index is 2.27. The van der Waals surface area contributed by atoms with Crippen molar-refractivity contribution in [2.45, 2.75) is 19.3 Å². The fourth-order valence-electron chi connectivity index (χ4n) is 2.18. The zero-order valence-electron chi connectivity index (χ0n) is 8.88. The third-order valence-electron chi connectivity index (χ3n) is 2.90. The summed E-state index contributed by atoms with van der Waals surface area (Å²) in [7, 11) is 0. The summed E-state index contributed by atoms with van der Waals surface area (Å²) in [6.45, 7) is 2.75. The summed E-state index contributed by atoms with van der Waals surface area (Å²) >= 11 is 0. The summed E-state index contributed by atoms with van der Waals surface area (Å²) in [6.07, 6.45) is 3.22. The van der Waals surface area contributed by atoms with E-state index in [1.807, 2.05) is 6.07 Å². The summed E-state index contributed by atoms with van der Waals surface area (Å²) < 4.78 is 13.1. The van der Waals surface area contributed by atoms with Crippen molar-refractivity contribution in [3.8, 4) is 0 Å². The smallest absolute Gasteiger partial charge is 0.123 e. The highest BCUT2D eigenvalue weighted by Gasteiger charge is 2.15. The second kappa shape index (κ2) is 4.62. The van der Waals surface area contributed by atoms with Crippen molar-refractivity contribution in [2.75, 3.05) is 24.5 Å². The number of rotatable bonds is 3. The van der Waals surface area contributed by atoms with Gasteiger partial charge in [0.1, 0.15) is 5.82 Å². The van der Waals surface area contributed by atoms with E-state index in [1.165, 1.54) is 24.6 Å². The van der Waals surface area contributed by atoms with Crippen molar-refractivity contribution in [2.24, 2.45) is 5.73 Å². The molecule has 1 fully saturated rings. The van der Waals surface area contributed by atoms with Crippen LogP contribution in [-0.2, 0) is 6.42 Å². The number of benzene rings is 1. The van der Waals surface area contributed by atoms with Crippen LogP contribution in [0.15, 0.2) is 18.2 Å². The van der Waals surface area contributed by atoms with Gasteiger partial charge in [-0.3, -0.25) is 0 Å². The van der Waals surface area contributed by atoms with Crippen molar-refractivity contribution >= 4 is 5.69 Å². The molecule has 0 spiro atoms. The lowest BCUT2D eigenvalue weighted by molar-refractivity contribution is 0.625. The van der Waals surface area contributed by atoms with Gasteiger partial charge in [0.2, 0.25) is 0 Å². The van der Waals surface area contributed by atoms with Crippen LogP contribution in [0.1, 0.15) is 18.4 Å². The van der Waals surface area contributed by atoms with Gasteiger partial charge in [-0.15, -0.1) is 0 Å². The van der Waals surface area contributed by atoms with Gasteiger partial charge in [0.15, 0.2) is 0 Å². The lowest BCUT2D eigenvalue weighted by Gasteiger charge is -2.21. The van der Waals surface area contributed by atoms with E-state index in [9.17, 15) is 4.39 Å². The molecule has 1 aliphatic heterocycles. The van der Waals surface area contributed by atoms with E-state index in [2.05, 4.69) is 4.90 Å². The molecule has 82 valence electrons. The average Bonchev–Trinajstić information content (AvgIpc) is 2.71. The molecule has 0 atom stereocenters. The van der Waals surface area contributed by atoms with Crippen LogP contribution in [0.2, 0.25) is 0 Å². The highest BCUT2D eigenvalue weighted by molar-refractivity contribution is 5.54. The van der Waals surface area contributed by atoms with Gasteiger partial charge < -0.3 is 10.6 Å². The maximum atomic E-state index is 13.1. The van der Waals surface area contributed by atoms with E-state index in [0.29, 0.717) is 6.54 Å². The zero-order chi connectivity index (χ0) is 10.7. The molecule has 0 saturated carbocycles. The molecule has 0 aromatic heterocycles. The molecule has 2 nitrogen and oxygen atoms in total. The van der Waals surface area contributed by atoms with Crippen molar-refractivity contribution < 1.29 is 4.39 Å². The Morgan fingerprint density at radius 3 is 2.67 bits per heavy atom. The summed E-state index contributed by atoms with van der Waals surface area (Å²) in [4.78, 5) is 2.32. The Bertz CT molecular complexity index is 332. The van der Waals surface area contributed by atoms with E-state index in [0.717, 1.165) is 25.1 Å². The van der Waals surface area contributed by atoms with E-state index in [1.54, 1.807) is 6.07 Å². The van der Waals surface area contributed by atoms with Gasteiger partial charge in [-0.25, -0.2) is 4.39 Å². The molecule has 1 saturated heterocycles. The van der Waals surface area contributed by atoms with Crippen LogP contribution < -0.4 is 10.6 Å². The molecule has 1 aromatic rings. The van der Waals surface area contributed by atoms with Crippen molar-refractivity contribution in [1.82, 2.24) is 0 Å². The van der Waals surface area contributed by atoms with Gasteiger partial charge in [-0.2, -0.15) is 0 Å². The second-order valence-electron chi connectivity index (χ2n) is 4.01. The molecule has 0 unspecified atom stereocenters. The first-order valence-electron chi connectivity index (χ1n) is 5.54. The largest absolute Gasteiger partial charge is 0.371 e. The number of hydrogen-bond donors (Lipinski definition) is 1. The van der Waals surface area contributed by atoms with Crippen molar-refractivity contribution in [3.05, 3.63) is 29.6 Å². The number of nitrogens with two attached hydrogens (primary N) is 1. The van der Waals surface area contributed by atoms with Crippen LogP contribution in [-0.4, -0.2) is 19.6 Å². The van der Waals surface area contributed by atoms with E-state index < -0.39 is 0 Å². The first-order valence-corrected chi connectivity index (χ1v) is 5.54. The SMILES string of the molecule is NCCc1cc(F)ccc1N1CCCC1. The van der Waals surface area contributed by atoms with Crippen LogP contribution in [0.5, 0.6) is 0 Å². The van der Waals surface area contributed by atoms with Gasteiger partial charge in [0, 0.05) is 18.8 Å². The number of halogens is 1. The molecule has 0 bridgehead atoms. The second-order valence-corrected chi connectivity index (χ2v) is 4.01. The van der Waals surface area contributed by atoms with E-state index in [4.69, 9.17) is 5.73 Å². The summed E-state index contributed by atoms with van der Waals surface area (Å²) in [5.74, 6) is -0.165. The Hall–Kier alpha value is -1.09. The minimum absolute atomic E-state index is 0.165. The third-order valence-corrected chi connectivity index (χ3v) is 2.90. The summed E-state index contributed by atoms with van der Waals surface area (Å²) in [6, 6.07) is 5.03. The number of hydrogen-bond acceptors (Lipinski definition) is 2. The quantitative estimate of drug-likeness (QED) is 0.822. The highest BCUT2D eigenvalue weighted by Crippen LogP contribution is 2.25. The van der Waals surface area contributed by atoms with Gasteiger partial charge in [-0.05, 0) is 49.6 Å². The standard InChI is InChI=1S/C12H17FN2/c13-11-3-4-12(10(9-11)5-6-14)15-7-1-2-8-15/h3-4,9H,1-2,5-8,14H2. The molecule has 0 aliphatic carbocycles. The Labute approximate surface area is 89.9 Å². The number of anilines is 1. The molecular weight excluding hydrogens is 191 g/mol. The van der Waals surface area contributed by atoms with Crippen LogP contribution in [0.25, 0.3) is 0 Å². The molecular formula is C12H17FN2. The van der Waals surface area contributed by atoms with E-state index in [-0.39, 0.29) is 5.82 Å². The van der Waals surface area contributed by atoms with Gasteiger partial charge in [-0.1, -0.05) is 0 Å². The topological polar surface area (TPSA) is 29.3 Å². The summed E-state index contributed by atoms with van der Waals surface area (Å²) in [5.41, 5.74) is 7.74. The fourth-order valence-corrected chi connectivity index (χ4v) is 2.18. The Morgan fingerprint density at radius 2 is 2.00 bits per heavy atom. The first kappa shape index (κ1) is 10.4. The van der Waals surface area contributed by atoms with Crippen LogP contribution in [0.3, 0.4) is 0 Å². The maximum absolute atomic E-state index is 13.1. The first-order chi connectivity index (χ1) is 7.31. The molecule has 1 aliphatic rings. The lowest BCUT2D eigenvalue weighted by atomic mass is 10.1. The van der Waals surface area contributed by atoms with Crippen LogP contribution >= 0.6 is 0 Å². The molecule has 1 heterocycles. The maximum Gasteiger partial charge on any atom is 0.123 e. The zero-order valence-corrected chi connectivity index (χ0v) is 8.88. The Kier molecular flexibility index (Phi) is 3.21. The van der Waals surface area contributed by atoms with Gasteiger partial charge in [0.25, 0.3) is 0 Å². The average molecular weight is 208 g/mol. The van der Waals surface area contributed by atoms with E-state index >= 15 is 0 Å². The Morgan fingerprint density at radius 1 is 1.27 bits per heavy atom. The third kappa shape index (κ3) is 2.29. The molecule has 1 aromatic carbocycles. The van der Waals surface area contributed by atoms with Crippen LogP contribution in [0, 0.1) is 5.82 Å². The molecule has 0 radical (unpaired) electrons.